The Balaban J connectivity index is 3.06. The van der Waals surface area contributed by atoms with Gasteiger partial charge in [-0.2, -0.15) is 4.72 Å². The summed E-state index contributed by atoms with van der Waals surface area (Å²) in [6.45, 7) is 2.95. The maximum Gasteiger partial charge on any atom is 0.324 e. The number of hydrogen-bond donors (Lipinski definition) is 2. The molecule has 0 spiro atoms. The topological polar surface area (TPSA) is 83.5 Å². The molecule has 0 radical (unpaired) electrons. The standard InChI is InChI=1S/C9H12BrNO4S2/c1-3-9(2,8(12)13)11-17(14,15)7-5-4-6(10)16-7/h4-5,11H,3H2,1-2H3,(H,12,13). The van der Waals surface area contributed by atoms with Crippen LogP contribution in [0, 0.1) is 0 Å². The molecule has 5 nitrogen and oxygen atoms in total. The number of carboxylic acids is 1. The van der Waals surface area contributed by atoms with Crippen LogP contribution >= 0.6 is 27.3 Å². The van der Waals surface area contributed by atoms with Crippen molar-refractivity contribution in [2.45, 2.75) is 30.0 Å². The molecular weight excluding hydrogens is 330 g/mol. The zero-order valence-electron chi connectivity index (χ0n) is 9.23. The molecule has 1 rings (SSSR count). The summed E-state index contributed by atoms with van der Waals surface area (Å²) < 4.78 is 26.9. The monoisotopic (exact) mass is 341 g/mol. The van der Waals surface area contributed by atoms with Crippen molar-refractivity contribution in [2.24, 2.45) is 0 Å². The summed E-state index contributed by atoms with van der Waals surface area (Å²) in [5.41, 5.74) is -1.49. The minimum Gasteiger partial charge on any atom is -0.480 e. The summed E-state index contributed by atoms with van der Waals surface area (Å²) in [4.78, 5) is 11.0. The molecular formula is C9H12BrNO4S2. The number of halogens is 1. The van der Waals surface area contributed by atoms with E-state index >= 15 is 0 Å². The third-order valence-electron chi connectivity index (χ3n) is 2.35. The third kappa shape index (κ3) is 3.27. The Morgan fingerprint density at radius 1 is 1.59 bits per heavy atom. The number of nitrogens with one attached hydrogen (secondary N) is 1. The van der Waals surface area contributed by atoms with E-state index in [4.69, 9.17) is 5.11 Å². The Kier molecular flexibility index (Phi) is 4.34. The minimum absolute atomic E-state index is 0.0882. The Hall–Kier alpha value is -0.440. The second-order valence-corrected chi connectivity index (χ2v) is 8.03. The second-order valence-electron chi connectivity index (χ2n) is 3.65. The van der Waals surface area contributed by atoms with E-state index < -0.39 is 21.5 Å². The Labute approximate surface area is 112 Å². The van der Waals surface area contributed by atoms with Crippen LogP contribution in [0.1, 0.15) is 20.3 Å². The van der Waals surface area contributed by atoms with Crippen molar-refractivity contribution >= 4 is 43.3 Å². The fourth-order valence-corrected chi connectivity index (χ4v) is 4.50. The third-order valence-corrected chi connectivity index (χ3v) is 6.06. The highest BCUT2D eigenvalue weighted by Crippen LogP contribution is 2.27. The quantitative estimate of drug-likeness (QED) is 0.858. The first-order valence-corrected chi connectivity index (χ1v) is 7.83. The Morgan fingerprint density at radius 3 is 2.53 bits per heavy atom. The van der Waals surface area contributed by atoms with E-state index in [0.717, 1.165) is 11.3 Å². The second kappa shape index (κ2) is 5.05. The lowest BCUT2D eigenvalue weighted by molar-refractivity contribution is -0.143. The number of sulfonamides is 1. The molecule has 1 unspecified atom stereocenters. The van der Waals surface area contributed by atoms with Crippen molar-refractivity contribution < 1.29 is 18.3 Å². The molecule has 0 aromatic carbocycles. The van der Waals surface area contributed by atoms with Crippen LogP contribution in [-0.2, 0) is 14.8 Å². The van der Waals surface area contributed by atoms with Gasteiger partial charge >= 0.3 is 5.97 Å². The summed E-state index contributed by atoms with van der Waals surface area (Å²) in [6.07, 6.45) is 0.161. The number of thiophene rings is 1. The largest absolute Gasteiger partial charge is 0.480 e. The first kappa shape index (κ1) is 14.6. The van der Waals surface area contributed by atoms with Gasteiger partial charge < -0.3 is 5.11 Å². The maximum absolute atomic E-state index is 11.9. The average Bonchev–Trinajstić information content (AvgIpc) is 2.64. The van der Waals surface area contributed by atoms with Crippen LogP contribution in [0.3, 0.4) is 0 Å². The van der Waals surface area contributed by atoms with E-state index in [1.807, 2.05) is 0 Å². The van der Waals surface area contributed by atoms with Gasteiger partial charge in [-0.05, 0) is 41.4 Å². The average molecular weight is 342 g/mol. The van der Waals surface area contributed by atoms with Gasteiger partial charge in [-0.15, -0.1) is 11.3 Å². The van der Waals surface area contributed by atoms with Crippen molar-refractivity contribution in [3.05, 3.63) is 15.9 Å². The van der Waals surface area contributed by atoms with E-state index in [2.05, 4.69) is 20.7 Å². The molecule has 1 aromatic rings. The molecule has 0 bridgehead atoms. The van der Waals surface area contributed by atoms with Gasteiger partial charge in [0.1, 0.15) is 9.75 Å². The van der Waals surface area contributed by atoms with Crippen LogP contribution in [0.5, 0.6) is 0 Å². The maximum atomic E-state index is 11.9. The zero-order chi connectivity index (χ0) is 13.3. The number of rotatable bonds is 5. The molecule has 0 saturated heterocycles. The normalized spacial score (nSPS) is 15.5. The molecule has 8 heteroatoms. The zero-order valence-corrected chi connectivity index (χ0v) is 12.4. The SMILES string of the molecule is CCC(C)(NS(=O)(=O)c1ccc(Br)s1)C(=O)O. The highest BCUT2D eigenvalue weighted by Gasteiger charge is 2.36. The van der Waals surface area contributed by atoms with Gasteiger partial charge in [0.15, 0.2) is 0 Å². The van der Waals surface area contributed by atoms with Gasteiger partial charge in [0.05, 0.1) is 3.79 Å². The highest BCUT2D eigenvalue weighted by molar-refractivity contribution is 9.11. The van der Waals surface area contributed by atoms with Gasteiger partial charge in [-0.25, -0.2) is 8.42 Å². The van der Waals surface area contributed by atoms with Crippen LogP contribution in [0.25, 0.3) is 0 Å². The highest BCUT2D eigenvalue weighted by atomic mass is 79.9. The summed E-state index contributed by atoms with van der Waals surface area (Å²) in [5, 5.41) is 9.02. The van der Waals surface area contributed by atoms with Crippen LogP contribution in [-0.4, -0.2) is 25.0 Å². The first-order valence-electron chi connectivity index (χ1n) is 4.74. The van der Waals surface area contributed by atoms with Crippen LogP contribution in [0.4, 0.5) is 0 Å². The summed E-state index contributed by atoms with van der Waals surface area (Å²) >= 11 is 4.19. The molecule has 0 aliphatic heterocycles. The van der Waals surface area contributed by atoms with Gasteiger partial charge in [-0.1, -0.05) is 6.92 Å². The molecule has 17 heavy (non-hydrogen) atoms. The van der Waals surface area contributed by atoms with Crippen molar-refractivity contribution in [3.8, 4) is 0 Å². The van der Waals surface area contributed by atoms with Crippen molar-refractivity contribution in [1.29, 1.82) is 0 Å². The number of hydrogen-bond acceptors (Lipinski definition) is 4. The van der Waals surface area contributed by atoms with Crippen LogP contribution in [0.2, 0.25) is 0 Å². The smallest absolute Gasteiger partial charge is 0.324 e. The Bertz CT molecular complexity index is 525. The lowest BCUT2D eigenvalue weighted by Gasteiger charge is -2.23. The molecule has 1 atom stereocenters. The number of carbonyl (C=O) groups is 1. The summed E-state index contributed by atoms with van der Waals surface area (Å²) in [7, 11) is -3.80. The van der Waals surface area contributed by atoms with Crippen molar-refractivity contribution in [1.82, 2.24) is 4.72 Å². The van der Waals surface area contributed by atoms with Gasteiger partial charge in [0, 0.05) is 0 Å². The Morgan fingerprint density at radius 2 is 2.18 bits per heavy atom. The molecule has 0 amide bonds. The van der Waals surface area contributed by atoms with Crippen LogP contribution < -0.4 is 4.72 Å². The molecule has 0 fully saturated rings. The van der Waals surface area contributed by atoms with Gasteiger partial charge in [-0.3, -0.25) is 4.79 Å². The van der Waals surface area contributed by atoms with E-state index in [0.29, 0.717) is 3.79 Å². The molecule has 96 valence electrons. The molecule has 0 aliphatic rings. The van der Waals surface area contributed by atoms with Crippen molar-refractivity contribution in [3.63, 3.8) is 0 Å². The summed E-state index contributed by atoms with van der Waals surface area (Å²) in [5.74, 6) is -1.20. The minimum atomic E-state index is -3.80. The van der Waals surface area contributed by atoms with Crippen LogP contribution in [0.15, 0.2) is 20.1 Å². The molecule has 0 saturated carbocycles. The summed E-state index contributed by atoms with van der Waals surface area (Å²) in [6, 6.07) is 3.03. The molecule has 1 heterocycles. The van der Waals surface area contributed by atoms with E-state index in [1.165, 1.54) is 13.0 Å². The number of aliphatic carboxylic acids is 1. The van der Waals surface area contributed by atoms with E-state index in [-0.39, 0.29) is 10.6 Å². The lowest BCUT2D eigenvalue weighted by atomic mass is 10.0. The van der Waals surface area contributed by atoms with E-state index in [9.17, 15) is 13.2 Å². The lowest BCUT2D eigenvalue weighted by Crippen LogP contribution is -2.51. The van der Waals surface area contributed by atoms with Crippen molar-refractivity contribution in [2.75, 3.05) is 0 Å². The van der Waals surface area contributed by atoms with Gasteiger partial charge in [0.25, 0.3) is 10.0 Å². The van der Waals surface area contributed by atoms with Gasteiger partial charge in [0.2, 0.25) is 0 Å². The molecule has 1 aromatic heterocycles. The molecule has 2 N–H and O–H groups in total. The predicted octanol–water partition coefficient (Wildman–Crippen LogP) is 2.04. The van der Waals surface area contributed by atoms with E-state index in [1.54, 1.807) is 13.0 Å². The fraction of sp³-hybridized carbons (Fsp3) is 0.444. The predicted molar refractivity (Wildman–Crippen MR) is 68.7 cm³/mol. The fourth-order valence-electron chi connectivity index (χ4n) is 1.06. The number of carboxylic acid groups (broad SMARTS) is 1. The molecule has 0 aliphatic carbocycles. The first-order chi connectivity index (χ1) is 7.71.